The quantitative estimate of drug-likeness (QED) is 0.780. The molecule has 0 aliphatic carbocycles. The van der Waals surface area contributed by atoms with Crippen molar-refractivity contribution in [3.8, 4) is 0 Å². The number of rotatable bonds is 4. The summed E-state index contributed by atoms with van der Waals surface area (Å²) in [6.07, 6.45) is 4.79. The Bertz CT molecular complexity index is 838. The van der Waals surface area contributed by atoms with Crippen LogP contribution in [0.3, 0.4) is 0 Å². The highest BCUT2D eigenvalue weighted by atomic mass is 16.5. The van der Waals surface area contributed by atoms with Crippen LogP contribution in [0.5, 0.6) is 0 Å². The summed E-state index contributed by atoms with van der Waals surface area (Å²) >= 11 is 0. The Kier molecular flexibility index (Phi) is 4.49. The van der Waals surface area contributed by atoms with Crippen molar-refractivity contribution in [1.82, 2.24) is 24.8 Å². The fraction of sp³-hybridized carbons (Fsp3) is 0.333. The van der Waals surface area contributed by atoms with E-state index in [1.165, 1.54) is 11.9 Å². The van der Waals surface area contributed by atoms with Gasteiger partial charge in [-0.05, 0) is 12.6 Å². The van der Waals surface area contributed by atoms with Crippen molar-refractivity contribution >= 4 is 17.0 Å². The first-order valence-electron chi connectivity index (χ1n) is 8.35. The lowest BCUT2D eigenvalue weighted by molar-refractivity contribution is -0.0556. The molecule has 1 aromatic carbocycles. The van der Waals surface area contributed by atoms with E-state index in [2.05, 4.69) is 61.5 Å². The summed E-state index contributed by atoms with van der Waals surface area (Å²) < 4.78 is 6.07. The highest BCUT2D eigenvalue weighted by Crippen LogP contribution is 2.28. The number of ether oxygens (including phenoxy) is 1. The molecule has 7 nitrogen and oxygen atoms in total. The molecule has 0 bridgehead atoms. The average Bonchev–Trinajstić information content (AvgIpc) is 2.67. The van der Waals surface area contributed by atoms with E-state index in [-0.39, 0.29) is 12.1 Å². The maximum absolute atomic E-state index is 6.07. The third-order valence-corrected chi connectivity index (χ3v) is 4.48. The SMILES string of the molecule is CN1CCO[C@@H](CNc2ncnc3nccnc23)[C@@H]1c1ccccc1. The fourth-order valence-corrected chi connectivity index (χ4v) is 3.27. The van der Waals surface area contributed by atoms with Gasteiger partial charge in [0.1, 0.15) is 11.8 Å². The molecule has 128 valence electrons. The number of aromatic nitrogens is 4. The lowest BCUT2D eigenvalue weighted by atomic mass is 9.98. The van der Waals surface area contributed by atoms with E-state index < -0.39 is 0 Å². The van der Waals surface area contributed by atoms with Crippen LogP contribution < -0.4 is 5.32 Å². The number of anilines is 1. The Morgan fingerprint density at radius 2 is 1.96 bits per heavy atom. The summed E-state index contributed by atoms with van der Waals surface area (Å²) in [6, 6.07) is 10.7. The summed E-state index contributed by atoms with van der Waals surface area (Å²) in [6.45, 7) is 2.26. The zero-order valence-electron chi connectivity index (χ0n) is 14.0. The molecule has 1 aliphatic heterocycles. The van der Waals surface area contributed by atoms with Gasteiger partial charge in [-0.25, -0.2) is 19.9 Å². The van der Waals surface area contributed by atoms with Crippen molar-refractivity contribution in [3.05, 3.63) is 54.6 Å². The van der Waals surface area contributed by atoms with E-state index in [0.29, 0.717) is 23.5 Å². The van der Waals surface area contributed by atoms with Gasteiger partial charge in [0.05, 0.1) is 18.8 Å². The van der Waals surface area contributed by atoms with Gasteiger partial charge in [0, 0.05) is 25.5 Å². The van der Waals surface area contributed by atoms with E-state index >= 15 is 0 Å². The number of nitrogens with zero attached hydrogens (tertiary/aromatic N) is 5. The average molecular weight is 336 g/mol. The van der Waals surface area contributed by atoms with Crippen molar-refractivity contribution in [2.24, 2.45) is 0 Å². The van der Waals surface area contributed by atoms with Crippen LogP contribution in [0, 0.1) is 0 Å². The number of hydrogen-bond donors (Lipinski definition) is 1. The molecule has 3 aromatic rings. The monoisotopic (exact) mass is 336 g/mol. The van der Waals surface area contributed by atoms with Gasteiger partial charge < -0.3 is 10.1 Å². The van der Waals surface area contributed by atoms with Crippen molar-refractivity contribution in [2.75, 3.05) is 32.1 Å². The molecule has 25 heavy (non-hydrogen) atoms. The molecule has 1 saturated heterocycles. The smallest absolute Gasteiger partial charge is 0.183 e. The van der Waals surface area contributed by atoms with Crippen LogP contribution in [0.1, 0.15) is 11.6 Å². The summed E-state index contributed by atoms with van der Waals surface area (Å²) in [7, 11) is 2.14. The lowest BCUT2D eigenvalue weighted by Gasteiger charge is -2.39. The molecule has 0 unspecified atom stereocenters. The van der Waals surface area contributed by atoms with Crippen molar-refractivity contribution < 1.29 is 4.74 Å². The van der Waals surface area contributed by atoms with Gasteiger partial charge in [0.15, 0.2) is 11.5 Å². The Labute approximate surface area is 146 Å². The molecule has 0 saturated carbocycles. The molecule has 1 aliphatic rings. The largest absolute Gasteiger partial charge is 0.373 e. The first-order valence-corrected chi connectivity index (χ1v) is 8.35. The van der Waals surface area contributed by atoms with Crippen LogP contribution in [0.2, 0.25) is 0 Å². The summed E-state index contributed by atoms with van der Waals surface area (Å²) in [5.41, 5.74) is 2.51. The van der Waals surface area contributed by atoms with E-state index in [4.69, 9.17) is 4.74 Å². The van der Waals surface area contributed by atoms with Crippen molar-refractivity contribution in [1.29, 1.82) is 0 Å². The Balaban J connectivity index is 1.56. The third kappa shape index (κ3) is 3.29. The van der Waals surface area contributed by atoms with Crippen LogP contribution >= 0.6 is 0 Å². The molecule has 7 heteroatoms. The van der Waals surface area contributed by atoms with E-state index in [0.717, 1.165) is 13.2 Å². The maximum Gasteiger partial charge on any atom is 0.183 e. The van der Waals surface area contributed by atoms with Gasteiger partial charge >= 0.3 is 0 Å². The maximum atomic E-state index is 6.07. The van der Waals surface area contributed by atoms with Gasteiger partial charge in [0.2, 0.25) is 0 Å². The van der Waals surface area contributed by atoms with E-state index in [1.807, 2.05) is 6.07 Å². The van der Waals surface area contributed by atoms with Crippen LogP contribution in [-0.4, -0.2) is 57.7 Å². The molecular weight excluding hydrogens is 316 g/mol. The zero-order chi connectivity index (χ0) is 17.1. The predicted molar refractivity (Wildman–Crippen MR) is 95.2 cm³/mol. The summed E-state index contributed by atoms with van der Waals surface area (Å²) in [5, 5.41) is 3.37. The van der Waals surface area contributed by atoms with Crippen LogP contribution in [0.15, 0.2) is 49.1 Å². The van der Waals surface area contributed by atoms with Crippen molar-refractivity contribution in [3.63, 3.8) is 0 Å². The number of hydrogen-bond acceptors (Lipinski definition) is 7. The molecule has 0 spiro atoms. The minimum absolute atomic E-state index is 0.0165. The Hall–Kier alpha value is -2.64. The Morgan fingerprint density at radius 1 is 1.12 bits per heavy atom. The van der Waals surface area contributed by atoms with Crippen LogP contribution in [0.4, 0.5) is 5.82 Å². The minimum Gasteiger partial charge on any atom is -0.373 e. The molecule has 2 atom stereocenters. The van der Waals surface area contributed by atoms with Crippen LogP contribution in [0.25, 0.3) is 11.2 Å². The second kappa shape index (κ2) is 7.08. The zero-order valence-corrected chi connectivity index (χ0v) is 14.0. The molecule has 1 fully saturated rings. The molecule has 0 radical (unpaired) electrons. The minimum atomic E-state index is 0.0165. The number of morpholine rings is 1. The second-order valence-corrected chi connectivity index (χ2v) is 6.08. The number of nitrogens with one attached hydrogen (secondary N) is 1. The Morgan fingerprint density at radius 3 is 2.84 bits per heavy atom. The standard InChI is InChI=1S/C18H20N6O/c1-24-9-10-25-14(16(24)13-5-3-2-4-6-13)11-21-18-15-17(22-12-23-18)20-8-7-19-15/h2-8,12,14,16H,9-11H2,1H3,(H,20,21,22,23)/t14-,16-/m0/s1. The molecule has 0 amide bonds. The number of fused-ring (bicyclic) bond motifs is 1. The van der Waals surface area contributed by atoms with Gasteiger partial charge in [0.25, 0.3) is 0 Å². The number of benzene rings is 1. The fourth-order valence-electron chi connectivity index (χ4n) is 3.27. The summed E-state index contributed by atoms with van der Waals surface area (Å²) in [5.74, 6) is 0.682. The van der Waals surface area contributed by atoms with Gasteiger partial charge in [-0.15, -0.1) is 0 Å². The molecule has 2 aromatic heterocycles. The first-order chi connectivity index (χ1) is 12.3. The summed E-state index contributed by atoms with van der Waals surface area (Å²) in [4.78, 5) is 19.4. The molecule has 3 heterocycles. The molecular formula is C18H20N6O. The predicted octanol–water partition coefficient (Wildman–Crippen LogP) is 1.90. The molecule has 1 N–H and O–H groups in total. The van der Waals surface area contributed by atoms with Crippen LogP contribution in [-0.2, 0) is 4.74 Å². The second-order valence-electron chi connectivity index (χ2n) is 6.08. The normalized spacial score (nSPS) is 21.3. The highest BCUT2D eigenvalue weighted by Gasteiger charge is 2.31. The lowest BCUT2D eigenvalue weighted by Crippen LogP contribution is -2.46. The van der Waals surface area contributed by atoms with Gasteiger partial charge in [-0.2, -0.15) is 0 Å². The van der Waals surface area contributed by atoms with E-state index in [1.54, 1.807) is 12.4 Å². The third-order valence-electron chi connectivity index (χ3n) is 4.48. The van der Waals surface area contributed by atoms with Gasteiger partial charge in [-0.3, -0.25) is 4.90 Å². The first kappa shape index (κ1) is 15.9. The highest BCUT2D eigenvalue weighted by molar-refractivity contribution is 5.81. The van der Waals surface area contributed by atoms with Gasteiger partial charge in [-0.1, -0.05) is 30.3 Å². The number of likely N-dealkylation sites (N-methyl/N-ethyl adjacent to an activating group) is 1. The van der Waals surface area contributed by atoms with E-state index in [9.17, 15) is 0 Å². The topological polar surface area (TPSA) is 76.1 Å². The molecule has 4 rings (SSSR count). The van der Waals surface area contributed by atoms with Crippen molar-refractivity contribution in [2.45, 2.75) is 12.1 Å².